The maximum atomic E-state index is 2.39. The Morgan fingerprint density at radius 3 is 0.812 bits per heavy atom. The van der Waals surface area contributed by atoms with Crippen molar-refractivity contribution in [3.63, 3.8) is 0 Å². The molecule has 0 saturated heterocycles. The van der Waals surface area contributed by atoms with E-state index in [1.165, 1.54) is 38.5 Å². The molecule has 0 aromatic heterocycles. The first-order chi connectivity index (χ1) is 7.54. The van der Waals surface area contributed by atoms with Crippen molar-refractivity contribution in [2.75, 3.05) is 0 Å². The third kappa shape index (κ3) is 3.02. The lowest BCUT2D eigenvalue weighted by molar-refractivity contribution is 0.0493. The molecule has 3 rings (SSSR count). The highest BCUT2D eigenvalue weighted by molar-refractivity contribution is 4.88. The second-order valence-electron chi connectivity index (χ2n) is 7.36. The second-order valence-corrected chi connectivity index (χ2v) is 7.36. The number of hydrogen-bond donors (Lipinski definition) is 0. The predicted molar refractivity (Wildman–Crippen MR) is 71.3 cm³/mol. The van der Waals surface area contributed by atoms with Gasteiger partial charge in [0.15, 0.2) is 0 Å². The largest absolute Gasteiger partial charge is 0.0625 e. The van der Waals surface area contributed by atoms with Crippen molar-refractivity contribution in [1.29, 1.82) is 0 Å². The Morgan fingerprint density at radius 1 is 0.438 bits per heavy atom. The number of rotatable bonds is 1. The third-order valence-corrected chi connectivity index (χ3v) is 5.10. The molecule has 0 bridgehead atoms. The van der Waals surface area contributed by atoms with Gasteiger partial charge in [-0.05, 0) is 74.0 Å². The Hall–Kier alpha value is 0. The van der Waals surface area contributed by atoms with Gasteiger partial charge >= 0.3 is 0 Å². The molecule has 3 aliphatic carbocycles. The van der Waals surface area contributed by atoms with Crippen LogP contribution < -0.4 is 0 Å². The molecule has 0 heteroatoms. The van der Waals surface area contributed by atoms with Crippen LogP contribution in [0.4, 0.5) is 0 Å². The lowest BCUT2D eigenvalue weighted by Gasteiger charge is -2.46. The first-order valence-corrected chi connectivity index (χ1v) is 7.54. The van der Waals surface area contributed by atoms with Crippen LogP contribution in [0, 0.1) is 35.5 Å². The van der Waals surface area contributed by atoms with Gasteiger partial charge < -0.3 is 0 Å². The minimum Gasteiger partial charge on any atom is -0.0625 e. The van der Waals surface area contributed by atoms with Crippen LogP contribution in [0.2, 0.25) is 0 Å². The Morgan fingerprint density at radius 2 is 0.688 bits per heavy atom. The molecule has 0 aromatic carbocycles. The summed E-state index contributed by atoms with van der Waals surface area (Å²) < 4.78 is 0. The molecule has 0 spiro atoms. The first-order valence-electron chi connectivity index (χ1n) is 7.54. The zero-order valence-electron chi connectivity index (χ0n) is 11.7. The molecule has 3 fully saturated rings. The summed E-state index contributed by atoms with van der Waals surface area (Å²) >= 11 is 0. The predicted octanol–water partition coefficient (Wildman–Crippen LogP) is 5.13. The summed E-state index contributed by atoms with van der Waals surface area (Å²) in [7, 11) is 0. The van der Waals surface area contributed by atoms with E-state index in [2.05, 4.69) is 27.7 Å². The lowest BCUT2D eigenvalue weighted by atomic mass is 9.60. The quantitative estimate of drug-likeness (QED) is 0.577. The van der Waals surface area contributed by atoms with E-state index in [0.717, 1.165) is 35.5 Å². The maximum Gasteiger partial charge on any atom is -0.0381 e. The number of hydrogen-bond acceptors (Lipinski definition) is 0. The van der Waals surface area contributed by atoms with Gasteiger partial charge in [0.1, 0.15) is 0 Å². The summed E-state index contributed by atoms with van der Waals surface area (Å²) in [5, 5.41) is 0. The minimum atomic E-state index is 1.04. The molecule has 0 radical (unpaired) electrons. The minimum absolute atomic E-state index is 1.04. The summed E-state index contributed by atoms with van der Waals surface area (Å²) in [4.78, 5) is 0. The average Bonchev–Trinajstić information content (AvgIpc) is 2.08. The fraction of sp³-hybridized carbons (Fsp3) is 1.00. The molecule has 0 aliphatic heterocycles. The van der Waals surface area contributed by atoms with Gasteiger partial charge in [-0.25, -0.2) is 0 Å². The molecule has 94 valence electrons. The van der Waals surface area contributed by atoms with E-state index in [9.17, 15) is 0 Å². The Kier molecular flexibility index (Phi) is 3.97. The van der Waals surface area contributed by atoms with E-state index in [1.807, 2.05) is 0 Å². The molecule has 0 unspecified atom stereocenters. The van der Waals surface area contributed by atoms with Crippen LogP contribution >= 0.6 is 0 Å². The zero-order chi connectivity index (χ0) is 11.7. The van der Waals surface area contributed by atoms with Gasteiger partial charge in [0.05, 0.1) is 0 Å². The molecule has 0 heterocycles. The van der Waals surface area contributed by atoms with Crippen molar-refractivity contribution in [1.82, 2.24) is 0 Å². The third-order valence-electron chi connectivity index (χ3n) is 5.10. The van der Waals surface area contributed by atoms with Crippen molar-refractivity contribution >= 4 is 0 Å². The second kappa shape index (κ2) is 5.10. The molecule has 16 heavy (non-hydrogen) atoms. The SMILES string of the molecule is CC1CC(C)C1.CC1CC(C2CC(C)C2)C1. The van der Waals surface area contributed by atoms with Crippen LogP contribution in [0.1, 0.15) is 66.2 Å². The topological polar surface area (TPSA) is 0 Å². The van der Waals surface area contributed by atoms with E-state index in [-0.39, 0.29) is 0 Å². The summed E-state index contributed by atoms with van der Waals surface area (Å²) in [5.74, 6) is 6.49. The van der Waals surface area contributed by atoms with E-state index in [1.54, 1.807) is 0 Å². The van der Waals surface area contributed by atoms with Crippen LogP contribution in [-0.4, -0.2) is 0 Å². The van der Waals surface area contributed by atoms with Gasteiger partial charge in [0.2, 0.25) is 0 Å². The van der Waals surface area contributed by atoms with Crippen molar-refractivity contribution < 1.29 is 0 Å². The van der Waals surface area contributed by atoms with Gasteiger partial charge in [0, 0.05) is 0 Å². The molecular weight excluding hydrogens is 192 g/mol. The normalized spacial score (nSPS) is 50.2. The van der Waals surface area contributed by atoms with Gasteiger partial charge in [0.25, 0.3) is 0 Å². The van der Waals surface area contributed by atoms with Gasteiger partial charge in [-0.15, -0.1) is 0 Å². The fourth-order valence-electron chi connectivity index (χ4n) is 4.00. The summed E-state index contributed by atoms with van der Waals surface area (Å²) in [6, 6.07) is 0. The molecule has 0 nitrogen and oxygen atoms in total. The van der Waals surface area contributed by atoms with Crippen molar-refractivity contribution in [3.05, 3.63) is 0 Å². The standard InChI is InChI=1S/C10H18.C6H12/c1-7-3-9(4-7)10-5-8(2)6-10;1-5-3-6(2)4-5/h7-10H,3-6H2,1-2H3;5-6H,3-4H2,1-2H3. The molecule has 0 amide bonds. The van der Waals surface area contributed by atoms with Crippen LogP contribution in [0.3, 0.4) is 0 Å². The first kappa shape index (κ1) is 12.5. The fourth-order valence-corrected chi connectivity index (χ4v) is 4.00. The summed E-state index contributed by atoms with van der Waals surface area (Å²) in [6.07, 6.45) is 9.10. The Labute approximate surface area is 102 Å². The summed E-state index contributed by atoms with van der Waals surface area (Å²) in [5.41, 5.74) is 0. The zero-order valence-corrected chi connectivity index (χ0v) is 11.7. The van der Waals surface area contributed by atoms with Crippen LogP contribution in [0.5, 0.6) is 0 Å². The maximum absolute atomic E-state index is 2.39. The van der Waals surface area contributed by atoms with Crippen LogP contribution in [0.25, 0.3) is 0 Å². The van der Waals surface area contributed by atoms with E-state index >= 15 is 0 Å². The van der Waals surface area contributed by atoms with Crippen molar-refractivity contribution in [2.45, 2.75) is 66.2 Å². The van der Waals surface area contributed by atoms with E-state index in [4.69, 9.17) is 0 Å². The van der Waals surface area contributed by atoms with Crippen molar-refractivity contribution in [3.8, 4) is 0 Å². The molecule has 0 aromatic rings. The van der Waals surface area contributed by atoms with Gasteiger partial charge in [-0.2, -0.15) is 0 Å². The highest BCUT2D eigenvalue weighted by atomic mass is 14.4. The highest BCUT2D eigenvalue weighted by Gasteiger charge is 2.38. The smallest absolute Gasteiger partial charge is 0.0381 e. The van der Waals surface area contributed by atoms with Gasteiger partial charge in [-0.1, -0.05) is 27.7 Å². The van der Waals surface area contributed by atoms with Crippen LogP contribution in [-0.2, 0) is 0 Å². The Bertz CT molecular complexity index is 180. The summed E-state index contributed by atoms with van der Waals surface area (Å²) in [6.45, 7) is 9.41. The molecule has 0 N–H and O–H groups in total. The van der Waals surface area contributed by atoms with Gasteiger partial charge in [-0.3, -0.25) is 0 Å². The van der Waals surface area contributed by atoms with Crippen molar-refractivity contribution in [2.24, 2.45) is 35.5 Å². The Balaban J connectivity index is 0.000000138. The average molecular weight is 222 g/mol. The molecule has 3 aliphatic rings. The molecular formula is C16H30. The molecule has 3 saturated carbocycles. The molecule has 0 atom stereocenters. The highest BCUT2D eigenvalue weighted by Crippen LogP contribution is 2.48. The lowest BCUT2D eigenvalue weighted by Crippen LogP contribution is -2.35. The van der Waals surface area contributed by atoms with E-state index in [0.29, 0.717) is 0 Å². The van der Waals surface area contributed by atoms with Crippen LogP contribution in [0.15, 0.2) is 0 Å². The monoisotopic (exact) mass is 222 g/mol. The van der Waals surface area contributed by atoms with E-state index < -0.39 is 0 Å².